The third kappa shape index (κ3) is 4.81. The van der Waals surface area contributed by atoms with Crippen LogP contribution >= 0.6 is 0 Å². The van der Waals surface area contributed by atoms with Crippen LogP contribution < -0.4 is 24.3 Å². The van der Waals surface area contributed by atoms with Crippen molar-refractivity contribution in [2.75, 3.05) is 27.4 Å². The Labute approximate surface area is 154 Å². The summed E-state index contributed by atoms with van der Waals surface area (Å²) in [6, 6.07) is 10.7. The Balaban J connectivity index is 2.09. The lowest BCUT2D eigenvalue weighted by atomic mass is 10.1. The van der Waals surface area contributed by atoms with Gasteiger partial charge in [-0.25, -0.2) is 0 Å². The van der Waals surface area contributed by atoms with Crippen LogP contribution in [0.15, 0.2) is 36.4 Å². The molecule has 2 aromatic carbocycles. The second kappa shape index (κ2) is 9.56. The maximum absolute atomic E-state index is 12.5. The van der Waals surface area contributed by atoms with Crippen molar-refractivity contribution in [3.8, 4) is 23.0 Å². The summed E-state index contributed by atoms with van der Waals surface area (Å²) in [6.45, 7) is 5.19. The van der Waals surface area contributed by atoms with E-state index < -0.39 is 0 Å². The Bertz CT molecular complexity index is 745. The number of nitrogens with one attached hydrogen (secondary N) is 1. The first-order valence-electron chi connectivity index (χ1n) is 8.51. The SMILES string of the molecule is CCOc1ccc(C(=O)NCc2ccc(OC)c(OC)c2)cc1OCC. The minimum absolute atomic E-state index is 0.191. The van der Waals surface area contributed by atoms with Crippen LogP contribution in [0, 0.1) is 0 Å². The highest BCUT2D eigenvalue weighted by Gasteiger charge is 2.12. The van der Waals surface area contributed by atoms with Crippen LogP contribution in [0.25, 0.3) is 0 Å². The summed E-state index contributed by atoms with van der Waals surface area (Å²) in [6.07, 6.45) is 0. The molecule has 0 saturated heterocycles. The van der Waals surface area contributed by atoms with Crippen molar-refractivity contribution < 1.29 is 23.7 Å². The average Bonchev–Trinajstić information content (AvgIpc) is 2.67. The van der Waals surface area contributed by atoms with E-state index in [-0.39, 0.29) is 5.91 Å². The minimum atomic E-state index is -0.191. The van der Waals surface area contributed by atoms with E-state index in [1.54, 1.807) is 32.4 Å². The predicted molar refractivity (Wildman–Crippen MR) is 99.5 cm³/mol. The number of amides is 1. The van der Waals surface area contributed by atoms with Crippen LogP contribution in [0.4, 0.5) is 0 Å². The van der Waals surface area contributed by atoms with Gasteiger partial charge in [-0.05, 0) is 49.7 Å². The number of hydrogen-bond acceptors (Lipinski definition) is 5. The molecule has 0 bridgehead atoms. The fraction of sp³-hybridized carbons (Fsp3) is 0.350. The molecule has 26 heavy (non-hydrogen) atoms. The smallest absolute Gasteiger partial charge is 0.251 e. The molecule has 6 heteroatoms. The van der Waals surface area contributed by atoms with Crippen molar-refractivity contribution in [3.05, 3.63) is 47.5 Å². The molecule has 1 amide bonds. The molecule has 0 saturated carbocycles. The second-order valence-electron chi connectivity index (χ2n) is 5.40. The Kier molecular flexibility index (Phi) is 7.14. The van der Waals surface area contributed by atoms with Crippen LogP contribution in [0.3, 0.4) is 0 Å². The topological polar surface area (TPSA) is 66.0 Å². The van der Waals surface area contributed by atoms with E-state index in [1.165, 1.54) is 0 Å². The zero-order valence-electron chi connectivity index (χ0n) is 15.6. The van der Waals surface area contributed by atoms with E-state index in [0.717, 1.165) is 5.56 Å². The van der Waals surface area contributed by atoms with Crippen molar-refractivity contribution >= 4 is 5.91 Å². The van der Waals surface area contributed by atoms with Crippen molar-refractivity contribution in [1.82, 2.24) is 5.32 Å². The summed E-state index contributed by atoms with van der Waals surface area (Å²) in [7, 11) is 3.16. The molecule has 0 aliphatic rings. The van der Waals surface area contributed by atoms with E-state index >= 15 is 0 Å². The van der Waals surface area contributed by atoms with Crippen molar-refractivity contribution in [1.29, 1.82) is 0 Å². The third-order valence-corrected chi connectivity index (χ3v) is 3.71. The molecule has 0 aliphatic carbocycles. The summed E-state index contributed by atoms with van der Waals surface area (Å²) in [4.78, 5) is 12.5. The van der Waals surface area contributed by atoms with Gasteiger partial charge in [0.15, 0.2) is 23.0 Å². The molecule has 2 aromatic rings. The Morgan fingerprint density at radius 3 is 2.15 bits per heavy atom. The first kappa shape index (κ1) is 19.4. The molecule has 1 N–H and O–H groups in total. The number of carbonyl (C=O) groups is 1. The maximum atomic E-state index is 12.5. The van der Waals surface area contributed by atoms with Crippen LogP contribution in [0.1, 0.15) is 29.8 Å². The van der Waals surface area contributed by atoms with Crippen LogP contribution in [-0.4, -0.2) is 33.3 Å². The lowest BCUT2D eigenvalue weighted by Gasteiger charge is -2.13. The number of carbonyl (C=O) groups excluding carboxylic acids is 1. The van der Waals surface area contributed by atoms with Gasteiger partial charge < -0.3 is 24.3 Å². The molecular formula is C20H25NO5. The zero-order chi connectivity index (χ0) is 18.9. The summed E-state index contributed by atoms with van der Waals surface area (Å²) >= 11 is 0. The van der Waals surface area contributed by atoms with Gasteiger partial charge in [-0.3, -0.25) is 4.79 Å². The van der Waals surface area contributed by atoms with E-state index in [0.29, 0.717) is 48.3 Å². The first-order chi connectivity index (χ1) is 12.6. The number of methoxy groups -OCH3 is 2. The fourth-order valence-corrected chi connectivity index (χ4v) is 2.47. The summed E-state index contributed by atoms with van der Waals surface area (Å²) in [5.41, 5.74) is 1.42. The normalized spacial score (nSPS) is 10.2. The quantitative estimate of drug-likeness (QED) is 0.743. The molecule has 6 nitrogen and oxygen atoms in total. The van der Waals surface area contributed by atoms with Gasteiger partial charge in [0.25, 0.3) is 5.91 Å². The Morgan fingerprint density at radius 2 is 1.50 bits per heavy atom. The Morgan fingerprint density at radius 1 is 0.846 bits per heavy atom. The molecule has 0 unspecified atom stereocenters. The van der Waals surface area contributed by atoms with Crippen molar-refractivity contribution in [2.24, 2.45) is 0 Å². The maximum Gasteiger partial charge on any atom is 0.251 e. The summed E-state index contributed by atoms with van der Waals surface area (Å²) in [5, 5.41) is 2.89. The highest BCUT2D eigenvalue weighted by atomic mass is 16.5. The third-order valence-electron chi connectivity index (χ3n) is 3.71. The largest absolute Gasteiger partial charge is 0.493 e. The van der Waals surface area contributed by atoms with E-state index in [2.05, 4.69) is 5.32 Å². The summed E-state index contributed by atoms with van der Waals surface area (Å²) in [5.74, 6) is 2.28. The highest BCUT2D eigenvalue weighted by molar-refractivity contribution is 5.94. The Hall–Kier alpha value is -2.89. The van der Waals surface area contributed by atoms with Gasteiger partial charge in [-0.1, -0.05) is 6.07 Å². The molecule has 0 fully saturated rings. The lowest BCUT2D eigenvalue weighted by Crippen LogP contribution is -2.22. The first-order valence-corrected chi connectivity index (χ1v) is 8.51. The number of rotatable bonds is 9. The second-order valence-corrected chi connectivity index (χ2v) is 5.40. The average molecular weight is 359 g/mol. The molecular weight excluding hydrogens is 334 g/mol. The van der Waals surface area contributed by atoms with Crippen LogP contribution in [0.5, 0.6) is 23.0 Å². The van der Waals surface area contributed by atoms with Crippen molar-refractivity contribution in [2.45, 2.75) is 20.4 Å². The molecule has 0 heterocycles. The molecule has 140 valence electrons. The monoisotopic (exact) mass is 359 g/mol. The van der Waals surface area contributed by atoms with Gasteiger partial charge in [0.2, 0.25) is 0 Å². The van der Waals surface area contributed by atoms with Gasteiger partial charge >= 0.3 is 0 Å². The number of hydrogen-bond donors (Lipinski definition) is 1. The lowest BCUT2D eigenvalue weighted by molar-refractivity contribution is 0.0950. The highest BCUT2D eigenvalue weighted by Crippen LogP contribution is 2.29. The van der Waals surface area contributed by atoms with E-state index in [4.69, 9.17) is 18.9 Å². The minimum Gasteiger partial charge on any atom is -0.493 e. The van der Waals surface area contributed by atoms with Gasteiger partial charge in [-0.15, -0.1) is 0 Å². The van der Waals surface area contributed by atoms with Crippen molar-refractivity contribution in [3.63, 3.8) is 0 Å². The predicted octanol–water partition coefficient (Wildman–Crippen LogP) is 3.43. The van der Waals surface area contributed by atoms with E-state index in [9.17, 15) is 4.79 Å². The number of benzene rings is 2. The van der Waals surface area contributed by atoms with Gasteiger partial charge in [0.05, 0.1) is 27.4 Å². The number of ether oxygens (including phenoxy) is 4. The molecule has 0 spiro atoms. The molecule has 0 atom stereocenters. The fourth-order valence-electron chi connectivity index (χ4n) is 2.47. The standard InChI is InChI=1S/C20H25NO5/c1-5-25-17-10-8-15(12-19(17)26-6-2)20(22)21-13-14-7-9-16(23-3)18(11-14)24-4/h7-12H,5-6,13H2,1-4H3,(H,21,22). The van der Waals surface area contributed by atoms with Crippen LogP contribution in [-0.2, 0) is 6.54 Å². The zero-order valence-corrected chi connectivity index (χ0v) is 15.6. The van der Waals surface area contributed by atoms with E-state index in [1.807, 2.05) is 32.0 Å². The van der Waals surface area contributed by atoms with Crippen LogP contribution in [0.2, 0.25) is 0 Å². The molecule has 0 aromatic heterocycles. The van der Waals surface area contributed by atoms with Gasteiger partial charge in [0, 0.05) is 12.1 Å². The molecule has 0 aliphatic heterocycles. The molecule has 0 radical (unpaired) electrons. The molecule has 2 rings (SSSR count). The van der Waals surface area contributed by atoms with Gasteiger partial charge in [-0.2, -0.15) is 0 Å². The summed E-state index contributed by atoms with van der Waals surface area (Å²) < 4.78 is 21.6. The van der Waals surface area contributed by atoms with Gasteiger partial charge in [0.1, 0.15) is 0 Å².